The van der Waals surface area contributed by atoms with Crippen molar-refractivity contribution >= 4 is 39.0 Å². The maximum Gasteiger partial charge on any atom is 0.387 e. The minimum Gasteiger partial charge on any atom is -0.434 e. The highest BCUT2D eigenvalue weighted by Crippen LogP contribution is 2.38. The first-order chi connectivity index (χ1) is 13.2. The lowest BCUT2D eigenvalue weighted by Gasteiger charge is -2.25. The number of benzene rings is 1. The second-order valence-corrected chi connectivity index (χ2v) is 6.80. The first-order valence-corrected chi connectivity index (χ1v) is 8.99. The largest absolute Gasteiger partial charge is 0.434 e. The van der Waals surface area contributed by atoms with Crippen LogP contribution in [0.25, 0.3) is 0 Å². The Kier molecular flexibility index (Phi) is 7.87. The van der Waals surface area contributed by atoms with E-state index in [4.69, 9.17) is 11.6 Å². The lowest BCUT2D eigenvalue weighted by molar-refractivity contribution is -0.384. The second-order valence-electron chi connectivity index (χ2n) is 5.56. The third kappa shape index (κ3) is 5.71. The molecule has 2 aromatic rings. The number of aromatic nitrogens is 1. The van der Waals surface area contributed by atoms with Gasteiger partial charge in [0.2, 0.25) is 5.82 Å². The minimum atomic E-state index is -3.12. The van der Waals surface area contributed by atoms with E-state index >= 15 is 0 Å². The number of nitrogens with zero attached hydrogens (tertiary/aromatic N) is 2. The zero-order valence-corrected chi connectivity index (χ0v) is 16.4. The average Bonchev–Trinajstić information content (AvgIpc) is 2.60. The summed E-state index contributed by atoms with van der Waals surface area (Å²) in [5.41, 5.74) is -0.248. The van der Waals surface area contributed by atoms with Crippen LogP contribution < -0.4 is 10.1 Å². The molecule has 0 bridgehead atoms. The van der Waals surface area contributed by atoms with Crippen molar-refractivity contribution in [3.8, 4) is 5.75 Å². The smallest absolute Gasteiger partial charge is 0.387 e. The van der Waals surface area contributed by atoms with Crippen molar-refractivity contribution in [2.75, 3.05) is 11.9 Å². The molecule has 152 valence electrons. The monoisotopic (exact) mass is 481 g/mol. The molecular weight excluding hydrogens is 468 g/mol. The van der Waals surface area contributed by atoms with Gasteiger partial charge in [-0.05, 0) is 18.2 Å². The van der Waals surface area contributed by atoms with Gasteiger partial charge < -0.3 is 20.3 Å². The highest BCUT2D eigenvalue weighted by Gasteiger charge is 2.27. The normalized spacial score (nSPS) is 13.2. The predicted molar refractivity (Wildman–Crippen MR) is 101 cm³/mol. The number of hydrogen-bond acceptors (Lipinski definition) is 7. The van der Waals surface area contributed by atoms with Crippen molar-refractivity contribution in [3.05, 3.63) is 55.6 Å². The van der Waals surface area contributed by atoms with E-state index in [9.17, 15) is 29.1 Å². The van der Waals surface area contributed by atoms with Crippen LogP contribution in [0.1, 0.15) is 18.0 Å². The Morgan fingerprint density at radius 3 is 2.68 bits per heavy atom. The molecule has 3 N–H and O–H groups in total. The fraction of sp³-hybridized carbons (Fsp3) is 0.312. The summed E-state index contributed by atoms with van der Waals surface area (Å²) in [4.78, 5) is 14.5. The van der Waals surface area contributed by atoms with Gasteiger partial charge in [-0.2, -0.15) is 8.78 Å². The fourth-order valence-electron chi connectivity index (χ4n) is 2.50. The molecule has 0 saturated carbocycles. The summed E-state index contributed by atoms with van der Waals surface area (Å²) in [5.74, 6) is -0.442. The highest BCUT2D eigenvalue weighted by molar-refractivity contribution is 9.10. The van der Waals surface area contributed by atoms with Crippen LogP contribution >= 0.6 is 27.5 Å². The number of anilines is 1. The Bertz CT molecular complexity index is 846. The molecule has 12 heteroatoms. The van der Waals surface area contributed by atoms with Crippen LogP contribution in [0.5, 0.6) is 5.75 Å². The predicted octanol–water partition coefficient (Wildman–Crippen LogP) is 3.90. The van der Waals surface area contributed by atoms with Gasteiger partial charge in [-0.25, -0.2) is 4.98 Å². The Hall–Kier alpha value is -2.08. The van der Waals surface area contributed by atoms with Crippen LogP contribution in [0.15, 0.2) is 34.8 Å². The van der Waals surface area contributed by atoms with E-state index in [0.717, 1.165) is 6.07 Å². The molecule has 0 aliphatic heterocycles. The van der Waals surface area contributed by atoms with Crippen molar-refractivity contribution in [1.82, 2.24) is 4.98 Å². The minimum absolute atomic E-state index is 0.0364. The molecule has 1 heterocycles. The van der Waals surface area contributed by atoms with E-state index in [1.165, 1.54) is 18.2 Å². The average molecular weight is 483 g/mol. The maximum atomic E-state index is 12.8. The van der Waals surface area contributed by atoms with Crippen LogP contribution in [0.2, 0.25) is 5.15 Å². The van der Waals surface area contributed by atoms with Gasteiger partial charge in [-0.3, -0.25) is 10.1 Å². The number of halogens is 4. The first kappa shape index (κ1) is 22.2. The van der Waals surface area contributed by atoms with Crippen LogP contribution in [0.4, 0.5) is 20.3 Å². The van der Waals surface area contributed by atoms with Gasteiger partial charge in [0.1, 0.15) is 10.9 Å². The van der Waals surface area contributed by atoms with Gasteiger partial charge in [0, 0.05) is 22.5 Å². The van der Waals surface area contributed by atoms with Crippen LogP contribution in [0.3, 0.4) is 0 Å². The molecule has 2 rings (SSSR count). The lowest BCUT2D eigenvalue weighted by Crippen LogP contribution is -2.23. The maximum absolute atomic E-state index is 12.8. The Morgan fingerprint density at radius 2 is 2.07 bits per heavy atom. The van der Waals surface area contributed by atoms with Gasteiger partial charge in [-0.1, -0.05) is 33.6 Å². The number of rotatable bonds is 9. The Morgan fingerprint density at radius 1 is 1.36 bits per heavy atom. The van der Waals surface area contributed by atoms with E-state index in [-0.39, 0.29) is 28.7 Å². The summed E-state index contributed by atoms with van der Waals surface area (Å²) in [6.45, 7) is -3.73. The quantitative estimate of drug-likeness (QED) is 0.282. The molecule has 0 aliphatic rings. The third-order valence-corrected chi connectivity index (χ3v) is 4.55. The van der Waals surface area contributed by atoms with Crippen LogP contribution in [-0.2, 0) is 0 Å². The van der Waals surface area contributed by atoms with Crippen molar-refractivity contribution in [1.29, 1.82) is 0 Å². The molecule has 0 saturated heterocycles. The van der Waals surface area contributed by atoms with Crippen molar-refractivity contribution in [2.24, 2.45) is 0 Å². The summed E-state index contributed by atoms with van der Waals surface area (Å²) in [5, 5.41) is 33.0. The molecule has 0 radical (unpaired) electrons. The molecule has 1 aromatic heterocycles. The summed E-state index contributed by atoms with van der Waals surface area (Å²) in [6.07, 6.45) is -1.44. The number of aliphatic hydroxyl groups is 2. The zero-order valence-electron chi connectivity index (χ0n) is 14.1. The summed E-state index contributed by atoms with van der Waals surface area (Å²) >= 11 is 9.05. The second kappa shape index (κ2) is 9.92. The standard InChI is InChI=1S/C16H15BrClF2N3O5/c17-9-2-1-3-12(28-16(19)20)14(9)10(6-8(25)7-24)21-15-11(23(26)27)4-5-13(18)22-15/h1-5,8,10,16,24-25H,6-7H2,(H,21,22). The number of hydrogen-bond donors (Lipinski definition) is 3. The third-order valence-electron chi connectivity index (χ3n) is 3.64. The number of aliphatic hydroxyl groups excluding tert-OH is 2. The van der Waals surface area contributed by atoms with E-state index in [1.807, 2.05) is 0 Å². The fourth-order valence-corrected chi connectivity index (χ4v) is 3.27. The number of pyridine rings is 1. The molecule has 8 nitrogen and oxygen atoms in total. The molecule has 28 heavy (non-hydrogen) atoms. The van der Waals surface area contributed by atoms with Gasteiger partial charge in [-0.15, -0.1) is 0 Å². The molecule has 0 aliphatic carbocycles. The summed E-state index contributed by atoms with van der Waals surface area (Å²) in [7, 11) is 0. The molecule has 2 atom stereocenters. The SMILES string of the molecule is O=[N+]([O-])c1ccc(Cl)nc1NC(CC(O)CO)c1c(Br)cccc1OC(F)F. The topological polar surface area (TPSA) is 118 Å². The molecule has 0 fully saturated rings. The summed E-state index contributed by atoms with van der Waals surface area (Å²) in [6, 6.07) is 5.67. The lowest BCUT2D eigenvalue weighted by atomic mass is 9.99. The van der Waals surface area contributed by atoms with Crippen molar-refractivity contribution in [3.63, 3.8) is 0 Å². The van der Waals surface area contributed by atoms with E-state index in [2.05, 4.69) is 31.0 Å². The summed E-state index contributed by atoms with van der Waals surface area (Å²) < 4.78 is 30.5. The molecule has 2 unspecified atom stereocenters. The van der Waals surface area contributed by atoms with Gasteiger partial charge in [0.05, 0.1) is 23.7 Å². The van der Waals surface area contributed by atoms with E-state index < -0.39 is 36.0 Å². The Labute approximate surface area is 171 Å². The van der Waals surface area contributed by atoms with Crippen molar-refractivity contribution < 1.29 is 28.7 Å². The molecular formula is C16H15BrClF2N3O5. The van der Waals surface area contributed by atoms with E-state index in [1.54, 1.807) is 6.07 Å². The molecule has 0 spiro atoms. The first-order valence-electron chi connectivity index (χ1n) is 7.82. The van der Waals surface area contributed by atoms with Gasteiger partial charge >= 0.3 is 12.3 Å². The number of ether oxygens (including phenoxy) is 1. The van der Waals surface area contributed by atoms with Crippen LogP contribution in [-0.4, -0.2) is 39.4 Å². The molecule has 0 amide bonds. The zero-order chi connectivity index (χ0) is 20.8. The number of alkyl halides is 2. The highest BCUT2D eigenvalue weighted by atomic mass is 79.9. The Balaban J connectivity index is 2.54. The van der Waals surface area contributed by atoms with Gasteiger partial charge in [0.25, 0.3) is 0 Å². The number of nitro groups is 1. The van der Waals surface area contributed by atoms with Crippen molar-refractivity contribution in [2.45, 2.75) is 25.2 Å². The molecule has 1 aromatic carbocycles. The van der Waals surface area contributed by atoms with Crippen LogP contribution in [0, 0.1) is 10.1 Å². The number of nitrogens with one attached hydrogen (secondary N) is 1. The van der Waals surface area contributed by atoms with E-state index in [0.29, 0.717) is 4.47 Å². The van der Waals surface area contributed by atoms with Gasteiger partial charge in [0.15, 0.2) is 0 Å².